The summed E-state index contributed by atoms with van der Waals surface area (Å²) in [6, 6.07) is 16.9. The molecule has 0 amide bonds. The summed E-state index contributed by atoms with van der Waals surface area (Å²) in [4.78, 5) is 14.4. The molecule has 0 aliphatic rings. The molecule has 3 heterocycles. The fraction of sp³-hybridized carbons (Fsp3) is 0.259. The van der Waals surface area contributed by atoms with Crippen molar-refractivity contribution in [1.82, 2.24) is 23.4 Å². The second-order valence-corrected chi connectivity index (χ2v) is 11.1. The third-order valence-electron chi connectivity index (χ3n) is 6.55. The SMILES string of the molecule is CNc1cc(Nc2nc(-c3cn(C)c4ccccc34)c3ccn(SI)c3n2)ccc1N(C)CCN(C)C. The number of halogens is 1. The van der Waals surface area contributed by atoms with Crippen molar-refractivity contribution in [1.29, 1.82) is 0 Å². The van der Waals surface area contributed by atoms with Crippen LogP contribution in [-0.2, 0) is 7.05 Å². The lowest BCUT2D eigenvalue weighted by atomic mass is 10.1. The first kappa shape index (κ1) is 25.7. The zero-order valence-corrected chi connectivity index (χ0v) is 24.6. The van der Waals surface area contributed by atoms with Crippen LogP contribution in [0.1, 0.15) is 0 Å². The van der Waals surface area contributed by atoms with Crippen molar-refractivity contribution in [3.8, 4) is 11.3 Å². The molecule has 0 bridgehead atoms. The molecule has 0 aliphatic carbocycles. The van der Waals surface area contributed by atoms with E-state index in [1.54, 1.807) is 9.12 Å². The fourth-order valence-electron chi connectivity index (χ4n) is 4.59. The normalized spacial score (nSPS) is 11.5. The van der Waals surface area contributed by atoms with Gasteiger partial charge in [0.05, 0.1) is 17.1 Å². The number of hydrogen-bond donors (Lipinski definition) is 2. The number of para-hydroxylation sites is 1. The highest BCUT2D eigenvalue weighted by Gasteiger charge is 2.18. The van der Waals surface area contributed by atoms with Crippen LogP contribution in [-0.4, -0.2) is 64.7 Å². The van der Waals surface area contributed by atoms with Gasteiger partial charge in [-0.25, -0.2) is 4.98 Å². The summed E-state index contributed by atoms with van der Waals surface area (Å²) in [5.74, 6) is 0.566. The molecule has 0 aliphatic heterocycles. The van der Waals surface area contributed by atoms with Gasteiger partial charge in [0.25, 0.3) is 0 Å². The molecule has 0 saturated carbocycles. The van der Waals surface area contributed by atoms with Gasteiger partial charge in [-0.3, -0.25) is 3.97 Å². The van der Waals surface area contributed by atoms with Crippen LogP contribution in [0.5, 0.6) is 0 Å². The summed E-state index contributed by atoms with van der Waals surface area (Å²) in [6.45, 7) is 1.92. The number of likely N-dealkylation sites (N-methyl/N-ethyl adjacent to an activating group) is 2. The molecule has 0 spiro atoms. The summed E-state index contributed by atoms with van der Waals surface area (Å²) < 4.78 is 4.22. The minimum atomic E-state index is 0.566. The second-order valence-electron chi connectivity index (χ2n) is 9.35. The van der Waals surface area contributed by atoms with Crippen LogP contribution < -0.4 is 15.5 Å². The van der Waals surface area contributed by atoms with Crippen molar-refractivity contribution >= 4 is 75.3 Å². The number of fused-ring (bicyclic) bond motifs is 2. The van der Waals surface area contributed by atoms with E-state index in [1.165, 1.54) is 10.9 Å². The van der Waals surface area contributed by atoms with E-state index in [0.29, 0.717) is 5.95 Å². The first-order chi connectivity index (χ1) is 17.9. The monoisotopic (exact) mass is 626 g/mol. The molecule has 3 aromatic heterocycles. The number of nitrogens with zero attached hydrogens (tertiary/aromatic N) is 6. The minimum absolute atomic E-state index is 0.566. The smallest absolute Gasteiger partial charge is 0.229 e. The minimum Gasteiger partial charge on any atom is -0.386 e. The third-order valence-corrected chi connectivity index (χ3v) is 8.27. The quantitative estimate of drug-likeness (QED) is 0.189. The maximum atomic E-state index is 5.04. The van der Waals surface area contributed by atoms with E-state index in [9.17, 15) is 0 Å². The molecule has 10 heteroatoms. The number of hydrogen-bond acceptors (Lipinski definition) is 7. The van der Waals surface area contributed by atoms with Gasteiger partial charge in [-0.05, 0) is 44.4 Å². The molecule has 0 radical (unpaired) electrons. The lowest BCUT2D eigenvalue weighted by Crippen LogP contribution is -2.28. The van der Waals surface area contributed by atoms with Gasteiger partial charge in [-0.2, -0.15) is 4.98 Å². The van der Waals surface area contributed by atoms with Gasteiger partial charge in [-0.1, -0.05) is 18.2 Å². The number of nitrogens with one attached hydrogen (secondary N) is 2. The van der Waals surface area contributed by atoms with E-state index in [-0.39, 0.29) is 0 Å². The Morgan fingerprint density at radius 2 is 1.81 bits per heavy atom. The molecule has 8 nitrogen and oxygen atoms in total. The van der Waals surface area contributed by atoms with Crippen molar-refractivity contribution < 1.29 is 0 Å². The van der Waals surface area contributed by atoms with Crippen LogP contribution >= 0.6 is 30.3 Å². The molecule has 2 aromatic carbocycles. The van der Waals surface area contributed by atoms with E-state index in [1.807, 2.05) is 13.2 Å². The Balaban J connectivity index is 1.56. The molecule has 37 heavy (non-hydrogen) atoms. The zero-order chi connectivity index (χ0) is 26.1. The molecular weight excluding hydrogens is 595 g/mol. The first-order valence-corrected chi connectivity index (χ1v) is 15.4. The van der Waals surface area contributed by atoms with Crippen LogP contribution in [0.2, 0.25) is 0 Å². The van der Waals surface area contributed by atoms with Crippen molar-refractivity contribution in [2.45, 2.75) is 0 Å². The molecule has 0 atom stereocenters. The molecule has 2 N–H and O–H groups in total. The maximum absolute atomic E-state index is 5.04. The Morgan fingerprint density at radius 3 is 2.57 bits per heavy atom. The molecule has 0 fully saturated rings. The summed E-state index contributed by atoms with van der Waals surface area (Å²) in [7, 11) is 11.9. The number of aromatic nitrogens is 4. The molecule has 0 saturated heterocycles. The third kappa shape index (κ3) is 5.10. The Labute approximate surface area is 233 Å². The van der Waals surface area contributed by atoms with E-state index >= 15 is 0 Å². The molecule has 5 rings (SSSR count). The van der Waals surface area contributed by atoms with Gasteiger partial charge in [0, 0.05) is 104 Å². The maximum Gasteiger partial charge on any atom is 0.229 e. The fourth-order valence-corrected chi connectivity index (χ4v) is 5.85. The molecule has 0 unspecified atom stereocenters. The zero-order valence-electron chi connectivity index (χ0n) is 21.7. The van der Waals surface area contributed by atoms with E-state index < -0.39 is 0 Å². The van der Waals surface area contributed by atoms with Gasteiger partial charge in [0.15, 0.2) is 5.65 Å². The van der Waals surface area contributed by atoms with Gasteiger partial charge in [0.2, 0.25) is 5.95 Å². The number of aryl methyl sites for hydroxylation is 1. The summed E-state index contributed by atoms with van der Waals surface area (Å²) in [5.41, 5.74) is 7.20. The van der Waals surface area contributed by atoms with Crippen molar-refractivity contribution in [3.63, 3.8) is 0 Å². The van der Waals surface area contributed by atoms with Gasteiger partial charge in [-0.15, -0.1) is 0 Å². The van der Waals surface area contributed by atoms with Crippen molar-refractivity contribution in [3.05, 3.63) is 60.9 Å². The molecule has 5 aromatic rings. The number of anilines is 4. The summed E-state index contributed by atoms with van der Waals surface area (Å²) in [6.07, 6.45) is 4.20. The van der Waals surface area contributed by atoms with Crippen molar-refractivity contribution in [2.24, 2.45) is 7.05 Å². The van der Waals surface area contributed by atoms with Gasteiger partial charge < -0.3 is 25.0 Å². The lowest BCUT2D eigenvalue weighted by Gasteiger charge is -2.24. The highest BCUT2D eigenvalue weighted by atomic mass is 127. The van der Waals surface area contributed by atoms with E-state index in [0.717, 1.165) is 52.4 Å². The Bertz CT molecular complexity index is 1560. The van der Waals surface area contributed by atoms with Crippen LogP contribution in [0.25, 0.3) is 33.2 Å². The Kier molecular flexibility index (Phi) is 7.50. The average molecular weight is 627 g/mol. The van der Waals surface area contributed by atoms with E-state index in [2.05, 4.69) is 133 Å². The highest BCUT2D eigenvalue weighted by molar-refractivity contribution is 14.2. The standard InChI is InChI=1S/C27H31IN8S/c1-29-22-16-18(10-11-24(22)34(4)15-14-33(2)3)30-27-31-25(20-12-13-36(37-28)26(20)32-27)21-17-35(5)23-9-7-6-8-19(21)23/h6-13,16-17,29H,14-15H2,1-5H3,(H,30,31,32). The van der Waals surface area contributed by atoms with Crippen molar-refractivity contribution in [2.75, 3.05) is 56.8 Å². The van der Waals surface area contributed by atoms with Gasteiger partial charge in [0.1, 0.15) is 0 Å². The Morgan fingerprint density at radius 1 is 1.00 bits per heavy atom. The highest BCUT2D eigenvalue weighted by Crippen LogP contribution is 2.37. The summed E-state index contributed by atoms with van der Waals surface area (Å²) >= 11 is 2.29. The van der Waals surface area contributed by atoms with Crippen LogP contribution in [0.4, 0.5) is 23.0 Å². The van der Waals surface area contributed by atoms with Crippen LogP contribution in [0.3, 0.4) is 0 Å². The predicted octanol–water partition coefficient (Wildman–Crippen LogP) is 6.22. The van der Waals surface area contributed by atoms with Crippen LogP contribution in [0, 0.1) is 0 Å². The number of benzene rings is 2. The second kappa shape index (κ2) is 10.8. The first-order valence-electron chi connectivity index (χ1n) is 12.1. The number of rotatable bonds is 9. The summed E-state index contributed by atoms with van der Waals surface area (Å²) in [5, 5.41) is 9.02. The predicted molar refractivity (Wildman–Crippen MR) is 168 cm³/mol. The van der Waals surface area contributed by atoms with E-state index in [4.69, 9.17) is 9.97 Å². The topological polar surface area (TPSA) is 66.2 Å². The van der Waals surface area contributed by atoms with Gasteiger partial charge >= 0.3 is 0 Å². The lowest BCUT2D eigenvalue weighted by molar-refractivity contribution is 0.416. The average Bonchev–Trinajstić information content (AvgIpc) is 3.47. The largest absolute Gasteiger partial charge is 0.386 e. The Hall–Kier alpha value is -2.96. The van der Waals surface area contributed by atoms with Crippen LogP contribution in [0.15, 0.2) is 60.9 Å². The molecular formula is C27H31IN8S. The molecule has 192 valence electrons.